The van der Waals surface area contributed by atoms with E-state index in [0.29, 0.717) is 30.5 Å². The summed E-state index contributed by atoms with van der Waals surface area (Å²) in [7, 11) is 0. The van der Waals surface area contributed by atoms with Crippen LogP contribution in [0, 0.1) is 0 Å². The quantitative estimate of drug-likeness (QED) is 0.480. The number of hydrogen-bond donors (Lipinski definition) is 1. The van der Waals surface area contributed by atoms with Crippen LogP contribution in [-0.4, -0.2) is 26.8 Å². The number of nitrogens with one attached hydrogen (secondary N) is 1. The largest absolute Gasteiger partial charge is 0.457 e. The van der Waals surface area contributed by atoms with Gasteiger partial charge in [-0.25, -0.2) is 14.0 Å². The SMILES string of the molecule is O=C(NCCn1nc(C2CC2)n(-c2ccccc2)c1=O)C1c2ccccc2Oc2ccccc21. The van der Waals surface area contributed by atoms with Crippen molar-refractivity contribution in [3.63, 3.8) is 0 Å². The average molecular weight is 453 g/mol. The highest BCUT2D eigenvalue weighted by Gasteiger charge is 2.33. The fourth-order valence-corrected chi connectivity index (χ4v) is 4.58. The van der Waals surface area contributed by atoms with Crippen LogP contribution in [0.4, 0.5) is 0 Å². The molecular formula is C27H24N4O3. The number of fused-ring (bicyclic) bond motifs is 2. The van der Waals surface area contributed by atoms with E-state index < -0.39 is 5.92 Å². The summed E-state index contributed by atoms with van der Waals surface area (Å²) in [5.41, 5.74) is 2.31. The molecule has 1 aliphatic carbocycles. The summed E-state index contributed by atoms with van der Waals surface area (Å²) in [4.78, 5) is 26.5. The van der Waals surface area contributed by atoms with Crippen LogP contribution in [0.5, 0.6) is 11.5 Å². The molecule has 170 valence electrons. The Hall–Kier alpha value is -4.13. The molecule has 1 fully saturated rings. The third kappa shape index (κ3) is 3.59. The molecule has 1 amide bonds. The number of para-hydroxylation sites is 3. The molecule has 0 saturated heterocycles. The summed E-state index contributed by atoms with van der Waals surface area (Å²) in [5.74, 6) is 1.90. The lowest BCUT2D eigenvalue weighted by molar-refractivity contribution is -0.121. The summed E-state index contributed by atoms with van der Waals surface area (Å²) < 4.78 is 9.16. The molecule has 1 aromatic heterocycles. The van der Waals surface area contributed by atoms with Crippen LogP contribution in [0.1, 0.15) is 41.6 Å². The molecular weight excluding hydrogens is 428 g/mol. The van der Waals surface area contributed by atoms with E-state index >= 15 is 0 Å². The Kier molecular flexibility index (Phi) is 5.02. The van der Waals surface area contributed by atoms with Gasteiger partial charge in [-0.2, -0.15) is 5.10 Å². The highest BCUT2D eigenvalue weighted by Crippen LogP contribution is 2.44. The van der Waals surface area contributed by atoms with Crippen molar-refractivity contribution in [2.45, 2.75) is 31.2 Å². The number of nitrogens with zero attached hydrogens (tertiary/aromatic N) is 3. The Labute approximate surface area is 196 Å². The number of amides is 1. The van der Waals surface area contributed by atoms with Crippen LogP contribution in [0.3, 0.4) is 0 Å². The number of hydrogen-bond acceptors (Lipinski definition) is 4. The van der Waals surface area contributed by atoms with Gasteiger partial charge in [0.15, 0.2) is 0 Å². The molecule has 0 radical (unpaired) electrons. The van der Waals surface area contributed by atoms with Gasteiger partial charge in [-0.15, -0.1) is 0 Å². The normalized spacial score (nSPS) is 14.7. The molecule has 6 rings (SSSR count). The molecule has 0 atom stereocenters. The molecule has 7 heteroatoms. The first-order valence-electron chi connectivity index (χ1n) is 11.6. The zero-order valence-electron chi connectivity index (χ0n) is 18.6. The number of ether oxygens (including phenoxy) is 1. The molecule has 7 nitrogen and oxygen atoms in total. The standard InChI is InChI=1S/C27H24N4O3/c32-26(24-20-10-4-6-12-22(20)34-23-13-7-5-11-21(23)24)28-16-17-30-27(33)31(19-8-2-1-3-9-19)25(29-30)18-14-15-18/h1-13,18,24H,14-17H2,(H,28,32). The van der Waals surface area contributed by atoms with E-state index in [9.17, 15) is 9.59 Å². The van der Waals surface area contributed by atoms with Gasteiger partial charge in [0.25, 0.3) is 0 Å². The predicted molar refractivity (Wildman–Crippen MR) is 128 cm³/mol. The lowest BCUT2D eigenvalue weighted by Gasteiger charge is -2.27. The van der Waals surface area contributed by atoms with Gasteiger partial charge in [0.1, 0.15) is 17.3 Å². The third-order valence-corrected chi connectivity index (χ3v) is 6.39. The van der Waals surface area contributed by atoms with Crippen molar-refractivity contribution in [1.29, 1.82) is 0 Å². The Balaban J connectivity index is 1.23. The number of carbonyl (C=O) groups excluding carboxylic acids is 1. The summed E-state index contributed by atoms with van der Waals surface area (Å²) >= 11 is 0. The number of carbonyl (C=O) groups is 1. The second kappa shape index (κ2) is 8.33. The van der Waals surface area contributed by atoms with E-state index in [2.05, 4.69) is 10.4 Å². The Morgan fingerprint density at radius 3 is 2.18 bits per heavy atom. The Bertz CT molecular complexity index is 1370. The minimum atomic E-state index is -0.471. The van der Waals surface area contributed by atoms with Crippen LogP contribution in [0.2, 0.25) is 0 Å². The first-order chi connectivity index (χ1) is 16.7. The summed E-state index contributed by atoms with van der Waals surface area (Å²) in [6, 6.07) is 24.8. The molecule has 34 heavy (non-hydrogen) atoms. The van der Waals surface area contributed by atoms with E-state index in [1.807, 2.05) is 78.9 Å². The van der Waals surface area contributed by atoms with E-state index in [1.165, 1.54) is 4.68 Å². The molecule has 1 N–H and O–H groups in total. The summed E-state index contributed by atoms with van der Waals surface area (Å²) in [6.07, 6.45) is 2.09. The Morgan fingerprint density at radius 2 is 1.53 bits per heavy atom. The maximum Gasteiger partial charge on any atom is 0.350 e. The lowest BCUT2D eigenvalue weighted by atomic mass is 9.87. The minimum absolute atomic E-state index is 0.124. The smallest absolute Gasteiger partial charge is 0.350 e. The van der Waals surface area contributed by atoms with Crippen LogP contribution in [-0.2, 0) is 11.3 Å². The van der Waals surface area contributed by atoms with E-state index in [-0.39, 0.29) is 11.6 Å². The van der Waals surface area contributed by atoms with Gasteiger partial charge < -0.3 is 10.1 Å². The second-order valence-electron chi connectivity index (χ2n) is 8.71. The fourth-order valence-electron chi connectivity index (χ4n) is 4.58. The third-order valence-electron chi connectivity index (χ3n) is 6.39. The van der Waals surface area contributed by atoms with E-state index in [1.54, 1.807) is 4.57 Å². The van der Waals surface area contributed by atoms with Crippen molar-refractivity contribution < 1.29 is 9.53 Å². The van der Waals surface area contributed by atoms with Gasteiger partial charge >= 0.3 is 5.69 Å². The van der Waals surface area contributed by atoms with Crippen molar-refractivity contribution in [1.82, 2.24) is 19.7 Å². The topological polar surface area (TPSA) is 78.2 Å². The first kappa shape index (κ1) is 20.5. The summed E-state index contributed by atoms with van der Waals surface area (Å²) in [5, 5.41) is 7.64. The molecule has 2 aliphatic rings. The Morgan fingerprint density at radius 1 is 0.912 bits per heavy atom. The molecule has 3 aromatic carbocycles. The van der Waals surface area contributed by atoms with Gasteiger partial charge in [-0.3, -0.25) is 4.79 Å². The molecule has 2 heterocycles. The van der Waals surface area contributed by atoms with Crippen molar-refractivity contribution >= 4 is 5.91 Å². The zero-order chi connectivity index (χ0) is 23.1. The van der Waals surface area contributed by atoms with Crippen molar-refractivity contribution in [2.24, 2.45) is 0 Å². The lowest BCUT2D eigenvalue weighted by Crippen LogP contribution is -2.35. The monoisotopic (exact) mass is 452 g/mol. The van der Waals surface area contributed by atoms with Crippen molar-refractivity contribution in [3.05, 3.63) is 106 Å². The first-order valence-corrected chi connectivity index (χ1v) is 11.6. The summed E-state index contributed by atoms with van der Waals surface area (Å²) in [6.45, 7) is 0.604. The fraction of sp³-hybridized carbons (Fsp3) is 0.222. The maximum absolute atomic E-state index is 13.3. The maximum atomic E-state index is 13.3. The van der Waals surface area contributed by atoms with Gasteiger partial charge in [0.2, 0.25) is 5.91 Å². The molecule has 0 bridgehead atoms. The zero-order valence-corrected chi connectivity index (χ0v) is 18.6. The van der Waals surface area contributed by atoms with Crippen LogP contribution >= 0.6 is 0 Å². The van der Waals surface area contributed by atoms with E-state index in [4.69, 9.17) is 4.74 Å². The number of rotatable bonds is 6. The minimum Gasteiger partial charge on any atom is -0.457 e. The molecule has 1 saturated carbocycles. The highest BCUT2D eigenvalue weighted by molar-refractivity contribution is 5.89. The molecule has 4 aromatic rings. The molecule has 0 spiro atoms. The average Bonchev–Trinajstić information content (AvgIpc) is 3.67. The van der Waals surface area contributed by atoms with Crippen molar-refractivity contribution in [2.75, 3.05) is 6.54 Å². The van der Waals surface area contributed by atoms with Crippen LogP contribution in [0.25, 0.3) is 5.69 Å². The van der Waals surface area contributed by atoms with E-state index in [0.717, 1.165) is 35.5 Å². The number of benzene rings is 3. The molecule has 1 aliphatic heterocycles. The van der Waals surface area contributed by atoms with Gasteiger partial charge in [0.05, 0.1) is 18.2 Å². The number of aromatic nitrogens is 3. The van der Waals surface area contributed by atoms with Crippen molar-refractivity contribution in [3.8, 4) is 17.2 Å². The predicted octanol–water partition coefficient (Wildman–Crippen LogP) is 3.97. The van der Waals surface area contributed by atoms with Gasteiger partial charge in [-0.1, -0.05) is 54.6 Å². The van der Waals surface area contributed by atoms with Gasteiger partial charge in [-0.05, 0) is 37.1 Å². The van der Waals surface area contributed by atoms with Crippen LogP contribution < -0.4 is 15.7 Å². The second-order valence-corrected chi connectivity index (χ2v) is 8.71. The highest BCUT2D eigenvalue weighted by atomic mass is 16.5. The van der Waals surface area contributed by atoms with Gasteiger partial charge in [0, 0.05) is 23.6 Å². The van der Waals surface area contributed by atoms with Crippen LogP contribution in [0.15, 0.2) is 83.7 Å². The molecule has 0 unspecified atom stereocenters.